The Morgan fingerprint density at radius 3 is 3.05 bits per heavy atom. The lowest BCUT2D eigenvalue weighted by Crippen LogP contribution is -2.45. The van der Waals surface area contributed by atoms with Crippen LogP contribution < -0.4 is 0 Å². The summed E-state index contributed by atoms with van der Waals surface area (Å²) in [5.41, 5.74) is 0.978. The fraction of sp³-hybridized carbons (Fsp3) is 0.692. The quantitative estimate of drug-likeness (QED) is 0.866. The Labute approximate surface area is 113 Å². The van der Waals surface area contributed by atoms with E-state index in [4.69, 9.17) is 9.84 Å². The summed E-state index contributed by atoms with van der Waals surface area (Å²) in [5.74, 6) is -0.784. The Morgan fingerprint density at radius 1 is 1.63 bits per heavy atom. The average Bonchev–Trinajstić information content (AvgIpc) is 2.80. The molecule has 19 heavy (non-hydrogen) atoms. The van der Waals surface area contributed by atoms with E-state index in [0.717, 1.165) is 12.2 Å². The van der Waals surface area contributed by atoms with Crippen molar-refractivity contribution in [3.05, 3.63) is 18.0 Å². The molecule has 1 aromatic heterocycles. The molecular formula is C13H21N3O3. The molecule has 0 saturated carbocycles. The predicted molar refractivity (Wildman–Crippen MR) is 69.9 cm³/mol. The zero-order valence-corrected chi connectivity index (χ0v) is 11.5. The first-order chi connectivity index (χ1) is 9.06. The number of carboxylic acid groups (broad SMARTS) is 1. The number of aliphatic carboxylic acids is 1. The van der Waals surface area contributed by atoms with Gasteiger partial charge in [0.05, 0.1) is 25.3 Å². The van der Waals surface area contributed by atoms with Crippen molar-refractivity contribution in [3.8, 4) is 0 Å². The first-order valence-corrected chi connectivity index (χ1v) is 6.64. The van der Waals surface area contributed by atoms with E-state index < -0.39 is 5.97 Å². The molecule has 1 fully saturated rings. The van der Waals surface area contributed by atoms with Gasteiger partial charge in [-0.1, -0.05) is 0 Å². The Kier molecular flexibility index (Phi) is 4.55. The molecule has 0 bridgehead atoms. The lowest BCUT2D eigenvalue weighted by atomic mass is 10.1. The third-order valence-electron chi connectivity index (χ3n) is 3.32. The molecule has 0 spiro atoms. The van der Waals surface area contributed by atoms with E-state index in [0.29, 0.717) is 25.8 Å². The van der Waals surface area contributed by atoms with Crippen molar-refractivity contribution in [2.75, 3.05) is 19.8 Å². The number of hydrogen-bond acceptors (Lipinski definition) is 4. The summed E-state index contributed by atoms with van der Waals surface area (Å²) in [6.45, 7) is 6.74. The second-order valence-corrected chi connectivity index (χ2v) is 5.18. The van der Waals surface area contributed by atoms with Crippen molar-refractivity contribution in [1.29, 1.82) is 0 Å². The van der Waals surface area contributed by atoms with E-state index in [9.17, 15) is 4.79 Å². The minimum absolute atomic E-state index is 0.0598. The van der Waals surface area contributed by atoms with Crippen LogP contribution in [0.3, 0.4) is 0 Å². The number of rotatable bonds is 5. The number of hydrogen-bond donors (Lipinski definition) is 1. The smallest absolute Gasteiger partial charge is 0.305 e. The number of carbonyl (C=O) groups is 1. The second kappa shape index (κ2) is 6.16. The molecule has 1 N–H and O–H groups in total. The van der Waals surface area contributed by atoms with Gasteiger partial charge in [0, 0.05) is 31.4 Å². The van der Waals surface area contributed by atoms with E-state index in [2.05, 4.69) is 23.8 Å². The highest BCUT2D eigenvalue weighted by atomic mass is 16.5. The van der Waals surface area contributed by atoms with Gasteiger partial charge in [-0.2, -0.15) is 5.10 Å². The molecule has 2 rings (SSSR count). The average molecular weight is 267 g/mol. The van der Waals surface area contributed by atoms with Crippen molar-refractivity contribution in [3.63, 3.8) is 0 Å². The van der Waals surface area contributed by atoms with Gasteiger partial charge in [-0.05, 0) is 19.9 Å². The van der Waals surface area contributed by atoms with Gasteiger partial charge in [0.15, 0.2) is 0 Å². The van der Waals surface area contributed by atoms with E-state index in [1.165, 1.54) is 0 Å². The van der Waals surface area contributed by atoms with Gasteiger partial charge in [-0.3, -0.25) is 14.4 Å². The van der Waals surface area contributed by atoms with Crippen molar-refractivity contribution < 1.29 is 14.6 Å². The maximum Gasteiger partial charge on any atom is 0.305 e. The van der Waals surface area contributed by atoms with E-state index >= 15 is 0 Å². The SMILES string of the molecule is CC(C)n1ccc(CN2CCOCC2CC(=O)O)n1. The van der Waals surface area contributed by atoms with Crippen molar-refractivity contribution in [2.24, 2.45) is 0 Å². The monoisotopic (exact) mass is 267 g/mol. The highest BCUT2D eigenvalue weighted by Gasteiger charge is 2.25. The Morgan fingerprint density at radius 2 is 2.42 bits per heavy atom. The number of ether oxygens (including phenoxy) is 1. The fourth-order valence-electron chi connectivity index (χ4n) is 2.24. The van der Waals surface area contributed by atoms with Crippen molar-refractivity contribution in [1.82, 2.24) is 14.7 Å². The molecule has 0 radical (unpaired) electrons. The van der Waals surface area contributed by atoms with Gasteiger partial charge in [0.1, 0.15) is 0 Å². The number of morpholine rings is 1. The highest BCUT2D eigenvalue weighted by molar-refractivity contribution is 5.67. The third kappa shape index (κ3) is 3.78. The Balaban J connectivity index is 1.99. The molecule has 1 aromatic rings. The fourth-order valence-corrected chi connectivity index (χ4v) is 2.24. The molecule has 2 heterocycles. The maximum atomic E-state index is 10.9. The molecule has 0 aliphatic carbocycles. The van der Waals surface area contributed by atoms with Gasteiger partial charge in [0.25, 0.3) is 0 Å². The molecule has 6 heteroatoms. The molecule has 1 aliphatic heterocycles. The molecule has 1 saturated heterocycles. The van der Waals surface area contributed by atoms with Crippen LogP contribution in [0.5, 0.6) is 0 Å². The van der Waals surface area contributed by atoms with Gasteiger partial charge in [-0.25, -0.2) is 0 Å². The van der Waals surface area contributed by atoms with E-state index in [1.807, 2.05) is 16.9 Å². The number of carboxylic acids is 1. The van der Waals surface area contributed by atoms with Gasteiger partial charge in [-0.15, -0.1) is 0 Å². The zero-order valence-electron chi connectivity index (χ0n) is 11.5. The minimum atomic E-state index is -0.784. The summed E-state index contributed by atoms with van der Waals surface area (Å²) in [7, 11) is 0. The Bertz CT molecular complexity index is 431. The zero-order chi connectivity index (χ0) is 13.8. The molecule has 6 nitrogen and oxygen atoms in total. The topological polar surface area (TPSA) is 67.6 Å². The molecule has 0 aromatic carbocycles. The summed E-state index contributed by atoms with van der Waals surface area (Å²) in [6, 6.07) is 2.27. The van der Waals surface area contributed by atoms with Crippen LogP contribution in [0, 0.1) is 0 Å². The molecule has 106 valence electrons. The predicted octanol–water partition coefficient (Wildman–Crippen LogP) is 1.14. The van der Waals surface area contributed by atoms with Crippen LogP contribution in [0.15, 0.2) is 12.3 Å². The van der Waals surface area contributed by atoms with Crippen LogP contribution in [0.1, 0.15) is 32.0 Å². The summed E-state index contributed by atoms with van der Waals surface area (Å²) >= 11 is 0. The number of aromatic nitrogens is 2. The maximum absolute atomic E-state index is 10.9. The van der Waals surface area contributed by atoms with Crippen LogP contribution in [0.2, 0.25) is 0 Å². The first-order valence-electron chi connectivity index (χ1n) is 6.64. The van der Waals surface area contributed by atoms with Crippen LogP contribution in [-0.4, -0.2) is 51.6 Å². The van der Waals surface area contributed by atoms with Crippen LogP contribution in [0.25, 0.3) is 0 Å². The van der Waals surface area contributed by atoms with Gasteiger partial charge >= 0.3 is 5.97 Å². The van der Waals surface area contributed by atoms with Crippen LogP contribution in [0.4, 0.5) is 0 Å². The van der Waals surface area contributed by atoms with Gasteiger partial charge < -0.3 is 9.84 Å². The third-order valence-corrected chi connectivity index (χ3v) is 3.32. The van der Waals surface area contributed by atoms with Crippen LogP contribution >= 0.6 is 0 Å². The normalized spacial score (nSPS) is 20.9. The highest BCUT2D eigenvalue weighted by Crippen LogP contribution is 2.15. The molecule has 1 atom stereocenters. The van der Waals surface area contributed by atoms with Crippen LogP contribution in [-0.2, 0) is 16.1 Å². The molecule has 0 amide bonds. The minimum Gasteiger partial charge on any atom is -0.481 e. The summed E-state index contributed by atoms with van der Waals surface area (Å²) < 4.78 is 7.28. The lowest BCUT2D eigenvalue weighted by Gasteiger charge is -2.34. The van der Waals surface area contributed by atoms with Gasteiger partial charge in [0.2, 0.25) is 0 Å². The summed E-state index contributed by atoms with van der Waals surface area (Å²) in [5, 5.41) is 13.4. The van der Waals surface area contributed by atoms with E-state index in [-0.39, 0.29) is 12.5 Å². The first kappa shape index (κ1) is 14.0. The van der Waals surface area contributed by atoms with Crippen molar-refractivity contribution >= 4 is 5.97 Å². The Hall–Kier alpha value is -1.40. The molecule has 1 unspecified atom stereocenters. The largest absolute Gasteiger partial charge is 0.481 e. The molecular weight excluding hydrogens is 246 g/mol. The van der Waals surface area contributed by atoms with Crippen molar-refractivity contribution in [2.45, 2.75) is 38.9 Å². The summed E-state index contributed by atoms with van der Waals surface area (Å²) in [4.78, 5) is 13.0. The lowest BCUT2D eigenvalue weighted by molar-refractivity contribution is -0.140. The summed E-state index contributed by atoms with van der Waals surface area (Å²) in [6.07, 6.45) is 2.08. The van der Waals surface area contributed by atoms with E-state index in [1.54, 1.807) is 0 Å². The molecule has 1 aliphatic rings. The standard InChI is InChI=1S/C13H21N3O3/c1-10(2)16-4-3-11(14-16)8-15-5-6-19-9-12(15)7-13(17)18/h3-4,10,12H,5-9H2,1-2H3,(H,17,18). The number of nitrogens with zero attached hydrogens (tertiary/aromatic N) is 3. The second-order valence-electron chi connectivity index (χ2n) is 5.18.